The number of Topliss-reactive ketones (excluding diaryl/α,β-unsaturated/α-hetero) is 2. The molecule has 0 aromatic rings. The van der Waals surface area contributed by atoms with Crippen LogP contribution >= 0.6 is 0 Å². The van der Waals surface area contributed by atoms with E-state index in [-0.39, 0.29) is 24.1 Å². The van der Waals surface area contributed by atoms with E-state index in [0.717, 1.165) is 0 Å². The standard InChI is InChI=1S/C9H16O3/c1-4-8(10)6-9(11)5-7(2)12-3/h7H,4-6H2,1-3H3. The van der Waals surface area contributed by atoms with E-state index >= 15 is 0 Å². The molecule has 0 saturated carbocycles. The summed E-state index contributed by atoms with van der Waals surface area (Å²) in [6, 6.07) is 0. The van der Waals surface area contributed by atoms with Gasteiger partial charge in [-0.25, -0.2) is 0 Å². The molecule has 0 aromatic carbocycles. The van der Waals surface area contributed by atoms with E-state index in [9.17, 15) is 9.59 Å². The maximum absolute atomic E-state index is 11.1. The van der Waals surface area contributed by atoms with Crippen molar-refractivity contribution in [3.8, 4) is 0 Å². The maximum Gasteiger partial charge on any atom is 0.142 e. The van der Waals surface area contributed by atoms with Crippen LogP contribution in [0, 0.1) is 0 Å². The highest BCUT2D eigenvalue weighted by atomic mass is 16.5. The normalized spacial score (nSPS) is 12.6. The Morgan fingerprint density at radius 2 is 1.92 bits per heavy atom. The molecule has 0 heterocycles. The van der Waals surface area contributed by atoms with E-state index in [0.29, 0.717) is 12.8 Å². The van der Waals surface area contributed by atoms with E-state index in [1.54, 1.807) is 14.0 Å². The average Bonchev–Trinajstić information content (AvgIpc) is 2.03. The van der Waals surface area contributed by atoms with Gasteiger partial charge in [0.25, 0.3) is 0 Å². The lowest BCUT2D eigenvalue weighted by Crippen LogP contribution is -2.14. The highest BCUT2D eigenvalue weighted by Crippen LogP contribution is 2.01. The van der Waals surface area contributed by atoms with E-state index < -0.39 is 0 Å². The fourth-order valence-electron chi connectivity index (χ4n) is 0.821. The second kappa shape index (κ2) is 5.89. The lowest BCUT2D eigenvalue weighted by Gasteiger charge is -2.06. The molecular formula is C9H16O3. The fourth-order valence-corrected chi connectivity index (χ4v) is 0.821. The van der Waals surface area contributed by atoms with Crippen molar-refractivity contribution in [2.24, 2.45) is 0 Å². The van der Waals surface area contributed by atoms with Gasteiger partial charge in [0.1, 0.15) is 11.6 Å². The SMILES string of the molecule is CCC(=O)CC(=O)CC(C)OC. The van der Waals surface area contributed by atoms with Crippen LogP contribution in [0.25, 0.3) is 0 Å². The zero-order valence-electron chi connectivity index (χ0n) is 7.92. The van der Waals surface area contributed by atoms with Gasteiger partial charge in [0.05, 0.1) is 12.5 Å². The monoisotopic (exact) mass is 172 g/mol. The van der Waals surface area contributed by atoms with Crippen molar-refractivity contribution in [3.05, 3.63) is 0 Å². The second-order valence-corrected chi connectivity index (χ2v) is 2.86. The molecule has 0 aromatic heterocycles. The van der Waals surface area contributed by atoms with Gasteiger partial charge in [0, 0.05) is 20.0 Å². The van der Waals surface area contributed by atoms with Gasteiger partial charge < -0.3 is 4.74 Å². The number of carbonyl (C=O) groups excluding carboxylic acids is 2. The molecule has 0 aliphatic heterocycles. The summed E-state index contributed by atoms with van der Waals surface area (Å²) in [5.74, 6) is -0.0282. The number of hydrogen-bond acceptors (Lipinski definition) is 3. The summed E-state index contributed by atoms with van der Waals surface area (Å²) in [4.78, 5) is 21.9. The summed E-state index contributed by atoms with van der Waals surface area (Å²) in [5.41, 5.74) is 0. The number of methoxy groups -OCH3 is 1. The van der Waals surface area contributed by atoms with Crippen LogP contribution in [0.4, 0.5) is 0 Å². The minimum Gasteiger partial charge on any atom is -0.381 e. The van der Waals surface area contributed by atoms with Crippen molar-refractivity contribution in [2.75, 3.05) is 7.11 Å². The molecule has 0 spiro atoms. The molecule has 3 heteroatoms. The van der Waals surface area contributed by atoms with Gasteiger partial charge >= 0.3 is 0 Å². The third-order valence-electron chi connectivity index (χ3n) is 1.71. The van der Waals surface area contributed by atoms with Crippen LogP contribution in [0.2, 0.25) is 0 Å². The molecule has 0 saturated heterocycles. The van der Waals surface area contributed by atoms with Gasteiger partial charge in [-0.15, -0.1) is 0 Å². The largest absolute Gasteiger partial charge is 0.381 e. The van der Waals surface area contributed by atoms with Crippen LogP contribution in [-0.4, -0.2) is 24.8 Å². The Labute approximate surface area is 73.1 Å². The minimum absolute atomic E-state index is 0.00306. The third kappa shape index (κ3) is 5.02. The molecule has 0 aliphatic rings. The summed E-state index contributed by atoms with van der Waals surface area (Å²) in [6.45, 7) is 3.57. The Kier molecular flexibility index (Phi) is 5.54. The minimum atomic E-state index is -0.0813. The first kappa shape index (κ1) is 11.3. The van der Waals surface area contributed by atoms with Gasteiger partial charge in [-0.1, -0.05) is 6.92 Å². The van der Waals surface area contributed by atoms with E-state index in [2.05, 4.69) is 0 Å². The molecule has 12 heavy (non-hydrogen) atoms. The summed E-state index contributed by atoms with van der Waals surface area (Å²) < 4.78 is 4.90. The molecular weight excluding hydrogens is 156 g/mol. The quantitative estimate of drug-likeness (QED) is 0.568. The van der Waals surface area contributed by atoms with Crippen molar-refractivity contribution in [2.45, 2.75) is 39.2 Å². The first-order valence-electron chi connectivity index (χ1n) is 4.16. The lowest BCUT2D eigenvalue weighted by atomic mass is 10.1. The van der Waals surface area contributed by atoms with Crippen LogP contribution < -0.4 is 0 Å². The highest BCUT2D eigenvalue weighted by molar-refractivity contribution is 5.99. The smallest absolute Gasteiger partial charge is 0.142 e. The van der Waals surface area contributed by atoms with Gasteiger partial charge in [-0.05, 0) is 6.92 Å². The van der Waals surface area contributed by atoms with Crippen molar-refractivity contribution in [1.82, 2.24) is 0 Å². The molecule has 1 atom stereocenters. The molecule has 3 nitrogen and oxygen atoms in total. The zero-order chi connectivity index (χ0) is 9.56. The molecule has 0 radical (unpaired) electrons. The van der Waals surface area contributed by atoms with Gasteiger partial charge in [-0.2, -0.15) is 0 Å². The summed E-state index contributed by atoms with van der Waals surface area (Å²) in [7, 11) is 1.56. The molecule has 70 valence electrons. The number of ketones is 2. The summed E-state index contributed by atoms with van der Waals surface area (Å²) >= 11 is 0. The molecule has 0 fully saturated rings. The topological polar surface area (TPSA) is 43.4 Å². The molecule has 0 amide bonds. The number of carbonyl (C=O) groups is 2. The summed E-state index contributed by atoms with van der Waals surface area (Å²) in [6.07, 6.45) is 0.752. The van der Waals surface area contributed by atoms with Crippen molar-refractivity contribution in [1.29, 1.82) is 0 Å². The predicted octanol–water partition coefficient (Wildman–Crippen LogP) is 1.35. The third-order valence-corrected chi connectivity index (χ3v) is 1.71. The highest BCUT2D eigenvalue weighted by Gasteiger charge is 2.11. The maximum atomic E-state index is 11.1. The first-order valence-corrected chi connectivity index (χ1v) is 4.16. The average molecular weight is 172 g/mol. The van der Waals surface area contributed by atoms with E-state index in [1.807, 2.05) is 6.92 Å². The first-order chi connectivity index (χ1) is 5.60. The molecule has 0 N–H and O–H groups in total. The Morgan fingerprint density at radius 1 is 1.33 bits per heavy atom. The van der Waals surface area contributed by atoms with E-state index in [1.165, 1.54) is 0 Å². The number of hydrogen-bond donors (Lipinski definition) is 0. The fraction of sp³-hybridized carbons (Fsp3) is 0.778. The number of rotatable bonds is 6. The molecule has 1 unspecified atom stereocenters. The lowest BCUT2D eigenvalue weighted by molar-refractivity contribution is -0.128. The Balaban J connectivity index is 3.66. The van der Waals surface area contributed by atoms with Crippen LogP contribution in [0.15, 0.2) is 0 Å². The Bertz CT molecular complexity index is 163. The summed E-state index contributed by atoms with van der Waals surface area (Å²) in [5, 5.41) is 0. The van der Waals surface area contributed by atoms with Crippen LogP contribution in [0.1, 0.15) is 33.1 Å². The zero-order valence-corrected chi connectivity index (χ0v) is 7.92. The number of ether oxygens (including phenoxy) is 1. The Morgan fingerprint density at radius 3 is 2.33 bits per heavy atom. The molecule has 0 aliphatic carbocycles. The van der Waals surface area contributed by atoms with E-state index in [4.69, 9.17) is 4.74 Å². The molecule has 0 bridgehead atoms. The van der Waals surface area contributed by atoms with Gasteiger partial charge in [-0.3, -0.25) is 9.59 Å². The Hall–Kier alpha value is -0.700. The van der Waals surface area contributed by atoms with Gasteiger partial charge in [0.15, 0.2) is 0 Å². The van der Waals surface area contributed by atoms with Crippen LogP contribution in [0.3, 0.4) is 0 Å². The second-order valence-electron chi connectivity index (χ2n) is 2.86. The van der Waals surface area contributed by atoms with Crippen LogP contribution in [0.5, 0.6) is 0 Å². The van der Waals surface area contributed by atoms with Crippen LogP contribution in [-0.2, 0) is 14.3 Å². The van der Waals surface area contributed by atoms with Gasteiger partial charge in [0.2, 0.25) is 0 Å². The van der Waals surface area contributed by atoms with Crippen molar-refractivity contribution >= 4 is 11.6 Å². The predicted molar refractivity (Wildman–Crippen MR) is 46.0 cm³/mol. The van der Waals surface area contributed by atoms with Crippen molar-refractivity contribution in [3.63, 3.8) is 0 Å². The molecule has 0 rings (SSSR count). The van der Waals surface area contributed by atoms with Crippen molar-refractivity contribution < 1.29 is 14.3 Å².